The fraction of sp³-hybridized carbons (Fsp3) is 0.240. The van der Waals surface area contributed by atoms with E-state index in [1.165, 1.54) is 22.2 Å². The SMILES string of the molecule is COc1ccc(CCN(C)C(=O)Cn2cnc3sc(-c4ccccc4)cc3c2=O)cc1OC. The normalized spacial score (nSPS) is 10.9. The van der Waals surface area contributed by atoms with Crippen molar-refractivity contribution >= 4 is 27.5 Å². The van der Waals surface area contributed by atoms with Crippen LogP contribution >= 0.6 is 11.3 Å². The zero-order valence-electron chi connectivity index (χ0n) is 18.8. The molecule has 0 saturated heterocycles. The van der Waals surface area contributed by atoms with Crippen LogP contribution in [-0.4, -0.2) is 48.2 Å². The number of hydrogen-bond donors (Lipinski definition) is 0. The van der Waals surface area contributed by atoms with Gasteiger partial charge in [-0.25, -0.2) is 4.98 Å². The Labute approximate surface area is 195 Å². The molecule has 2 aromatic carbocycles. The summed E-state index contributed by atoms with van der Waals surface area (Å²) < 4.78 is 12.0. The standard InChI is InChI=1S/C25H25N3O4S/c1-27(12-11-17-9-10-20(31-2)21(13-17)32-3)23(29)15-28-16-26-24-19(25(28)30)14-22(33-24)18-7-5-4-6-8-18/h4-10,13-14,16H,11-12,15H2,1-3H3. The molecular formula is C25H25N3O4S. The molecule has 7 nitrogen and oxygen atoms in total. The van der Waals surface area contributed by atoms with Crippen LogP contribution in [-0.2, 0) is 17.8 Å². The molecule has 0 aliphatic rings. The van der Waals surface area contributed by atoms with Gasteiger partial charge in [-0.15, -0.1) is 11.3 Å². The van der Waals surface area contributed by atoms with E-state index in [0.717, 1.165) is 16.0 Å². The lowest BCUT2D eigenvalue weighted by molar-refractivity contribution is -0.130. The first-order valence-electron chi connectivity index (χ1n) is 10.5. The van der Waals surface area contributed by atoms with Gasteiger partial charge in [0, 0.05) is 18.5 Å². The van der Waals surface area contributed by atoms with Crippen molar-refractivity contribution in [3.8, 4) is 21.9 Å². The predicted octanol–water partition coefficient (Wildman–Crippen LogP) is 3.84. The van der Waals surface area contributed by atoms with Crippen molar-refractivity contribution in [1.82, 2.24) is 14.5 Å². The van der Waals surface area contributed by atoms with Gasteiger partial charge in [0.05, 0.1) is 25.9 Å². The van der Waals surface area contributed by atoms with E-state index >= 15 is 0 Å². The zero-order chi connectivity index (χ0) is 23.4. The van der Waals surface area contributed by atoms with Gasteiger partial charge in [-0.2, -0.15) is 0 Å². The molecule has 0 unspecified atom stereocenters. The largest absolute Gasteiger partial charge is 0.493 e. The van der Waals surface area contributed by atoms with Gasteiger partial charge in [0.1, 0.15) is 11.4 Å². The molecule has 0 atom stereocenters. The summed E-state index contributed by atoms with van der Waals surface area (Å²) in [6.45, 7) is 0.454. The molecule has 1 amide bonds. The van der Waals surface area contributed by atoms with Crippen LogP contribution in [0.1, 0.15) is 5.56 Å². The minimum absolute atomic E-state index is 0.0548. The van der Waals surface area contributed by atoms with E-state index in [1.807, 2.05) is 54.6 Å². The predicted molar refractivity (Wildman–Crippen MR) is 130 cm³/mol. The molecular weight excluding hydrogens is 438 g/mol. The summed E-state index contributed by atoms with van der Waals surface area (Å²) in [4.78, 5) is 33.4. The highest BCUT2D eigenvalue weighted by molar-refractivity contribution is 7.21. The Hall–Kier alpha value is -3.65. The van der Waals surface area contributed by atoms with Gasteiger partial charge >= 0.3 is 0 Å². The van der Waals surface area contributed by atoms with E-state index in [0.29, 0.717) is 34.7 Å². The highest BCUT2D eigenvalue weighted by atomic mass is 32.1. The van der Waals surface area contributed by atoms with Crippen LogP contribution in [0.2, 0.25) is 0 Å². The van der Waals surface area contributed by atoms with Crippen LogP contribution in [0.15, 0.2) is 65.7 Å². The van der Waals surface area contributed by atoms with Gasteiger partial charge in [0.2, 0.25) is 5.91 Å². The van der Waals surface area contributed by atoms with Gasteiger partial charge < -0.3 is 14.4 Å². The van der Waals surface area contributed by atoms with Gasteiger partial charge in [-0.05, 0) is 35.7 Å². The molecule has 2 aromatic heterocycles. The molecule has 0 saturated carbocycles. The summed E-state index contributed by atoms with van der Waals surface area (Å²) in [5.41, 5.74) is 1.86. The summed E-state index contributed by atoms with van der Waals surface area (Å²) in [6, 6.07) is 17.4. The number of fused-ring (bicyclic) bond motifs is 1. The Morgan fingerprint density at radius 3 is 2.55 bits per heavy atom. The fourth-order valence-electron chi connectivity index (χ4n) is 3.54. The number of carbonyl (C=O) groups excluding carboxylic acids is 1. The fourth-order valence-corrected chi connectivity index (χ4v) is 4.54. The van der Waals surface area contributed by atoms with Crippen molar-refractivity contribution in [2.75, 3.05) is 27.8 Å². The molecule has 0 N–H and O–H groups in total. The second kappa shape index (κ2) is 9.87. The molecule has 0 aliphatic carbocycles. The molecule has 0 radical (unpaired) electrons. The Kier molecular flexibility index (Phi) is 6.74. The third-order valence-electron chi connectivity index (χ3n) is 5.49. The summed E-state index contributed by atoms with van der Waals surface area (Å²) in [5.74, 6) is 1.16. The van der Waals surface area contributed by atoms with Crippen molar-refractivity contribution in [3.05, 3.63) is 76.8 Å². The number of hydrogen-bond acceptors (Lipinski definition) is 6. The number of aromatic nitrogens is 2. The number of likely N-dealkylation sites (N-methyl/N-ethyl adjacent to an activating group) is 1. The minimum Gasteiger partial charge on any atom is -0.493 e. The highest BCUT2D eigenvalue weighted by Gasteiger charge is 2.15. The average molecular weight is 464 g/mol. The van der Waals surface area contributed by atoms with Gasteiger partial charge in [0.25, 0.3) is 5.56 Å². The maximum atomic E-state index is 13.0. The summed E-state index contributed by atoms with van der Waals surface area (Å²) >= 11 is 1.47. The van der Waals surface area contributed by atoms with Crippen LogP contribution in [0.3, 0.4) is 0 Å². The van der Waals surface area contributed by atoms with Crippen molar-refractivity contribution in [3.63, 3.8) is 0 Å². The van der Waals surface area contributed by atoms with Crippen LogP contribution < -0.4 is 15.0 Å². The molecule has 0 fully saturated rings. The molecule has 4 rings (SSSR count). The Morgan fingerprint density at radius 1 is 1.06 bits per heavy atom. The number of benzene rings is 2. The topological polar surface area (TPSA) is 73.7 Å². The second-order valence-electron chi connectivity index (χ2n) is 7.63. The van der Waals surface area contributed by atoms with Crippen LogP contribution in [0, 0.1) is 0 Å². The quantitative estimate of drug-likeness (QED) is 0.397. The first-order chi connectivity index (χ1) is 16.0. The van der Waals surface area contributed by atoms with E-state index in [1.54, 1.807) is 26.2 Å². The highest BCUT2D eigenvalue weighted by Crippen LogP contribution is 2.30. The Bertz CT molecular complexity index is 1330. The summed E-state index contributed by atoms with van der Waals surface area (Å²) in [6.07, 6.45) is 2.11. The third kappa shape index (κ3) is 4.90. The monoisotopic (exact) mass is 463 g/mol. The van der Waals surface area contributed by atoms with Crippen molar-refractivity contribution < 1.29 is 14.3 Å². The number of nitrogens with zero attached hydrogens (tertiary/aromatic N) is 3. The average Bonchev–Trinajstić information content (AvgIpc) is 3.29. The molecule has 0 spiro atoms. The maximum Gasteiger partial charge on any atom is 0.262 e. The molecule has 2 heterocycles. The number of thiophene rings is 1. The lowest BCUT2D eigenvalue weighted by Crippen LogP contribution is -2.35. The van der Waals surface area contributed by atoms with E-state index < -0.39 is 0 Å². The smallest absolute Gasteiger partial charge is 0.262 e. The summed E-state index contributed by atoms with van der Waals surface area (Å²) in [7, 11) is 4.92. The third-order valence-corrected chi connectivity index (χ3v) is 6.58. The van der Waals surface area contributed by atoms with E-state index in [-0.39, 0.29) is 18.0 Å². The number of carbonyl (C=O) groups is 1. The minimum atomic E-state index is -0.208. The molecule has 170 valence electrons. The first-order valence-corrected chi connectivity index (χ1v) is 11.3. The van der Waals surface area contributed by atoms with Crippen molar-refractivity contribution in [2.45, 2.75) is 13.0 Å². The van der Waals surface area contributed by atoms with Gasteiger partial charge in [-0.3, -0.25) is 14.2 Å². The van der Waals surface area contributed by atoms with Crippen LogP contribution in [0.5, 0.6) is 11.5 Å². The number of ether oxygens (including phenoxy) is 2. The molecule has 4 aromatic rings. The molecule has 33 heavy (non-hydrogen) atoms. The Morgan fingerprint density at radius 2 is 1.82 bits per heavy atom. The maximum absolute atomic E-state index is 13.0. The van der Waals surface area contributed by atoms with Gasteiger partial charge in [-0.1, -0.05) is 36.4 Å². The lowest BCUT2D eigenvalue weighted by Gasteiger charge is -2.18. The van der Waals surface area contributed by atoms with Crippen LogP contribution in [0.25, 0.3) is 20.7 Å². The zero-order valence-corrected chi connectivity index (χ0v) is 19.6. The van der Waals surface area contributed by atoms with Crippen molar-refractivity contribution in [2.24, 2.45) is 0 Å². The Balaban J connectivity index is 1.45. The van der Waals surface area contributed by atoms with E-state index in [2.05, 4.69) is 4.98 Å². The number of rotatable bonds is 8. The van der Waals surface area contributed by atoms with Gasteiger partial charge in [0.15, 0.2) is 11.5 Å². The molecule has 0 bridgehead atoms. The lowest BCUT2D eigenvalue weighted by atomic mass is 10.1. The van der Waals surface area contributed by atoms with Crippen molar-refractivity contribution in [1.29, 1.82) is 0 Å². The summed E-state index contributed by atoms with van der Waals surface area (Å²) in [5, 5.41) is 0.530. The second-order valence-corrected chi connectivity index (χ2v) is 8.66. The molecule has 0 aliphatic heterocycles. The molecule has 8 heteroatoms. The van der Waals surface area contributed by atoms with Crippen LogP contribution in [0.4, 0.5) is 0 Å². The van der Waals surface area contributed by atoms with E-state index in [9.17, 15) is 9.59 Å². The first kappa shape index (κ1) is 22.5. The number of amides is 1. The number of methoxy groups -OCH3 is 2. The van der Waals surface area contributed by atoms with E-state index in [4.69, 9.17) is 9.47 Å².